The lowest BCUT2D eigenvalue weighted by Crippen LogP contribution is -2.06. The van der Waals surface area contributed by atoms with E-state index in [1.165, 1.54) is 16.9 Å². The zero-order valence-corrected chi connectivity index (χ0v) is 17.3. The quantitative estimate of drug-likeness (QED) is 0.435. The molecule has 0 bridgehead atoms. The van der Waals surface area contributed by atoms with Crippen molar-refractivity contribution in [3.63, 3.8) is 0 Å². The average molecular weight is 392 g/mol. The molecule has 1 atom stereocenters. The second kappa shape index (κ2) is 7.53. The predicted molar refractivity (Wildman–Crippen MR) is 119 cm³/mol. The Bertz CT molecular complexity index is 1190. The van der Waals surface area contributed by atoms with Crippen molar-refractivity contribution < 1.29 is 5.11 Å². The number of fused-ring (bicyclic) bond motifs is 3. The number of aromatic nitrogens is 1. The molecule has 0 fully saturated rings. The molecule has 2 heterocycles. The maximum absolute atomic E-state index is 12.4. The summed E-state index contributed by atoms with van der Waals surface area (Å²) in [6.07, 6.45) is 1.12. The number of nitrogens with one attached hydrogen (secondary N) is 1. The van der Waals surface area contributed by atoms with E-state index in [2.05, 4.69) is 50.0 Å². The first-order valence-corrected chi connectivity index (χ1v) is 10.7. The van der Waals surface area contributed by atoms with Crippen LogP contribution in [0.5, 0.6) is 0 Å². The fourth-order valence-corrected chi connectivity index (χ4v) is 5.14. The van der Waals surface area contributed by atoms with Gasteiger partial charge in [-0.25, -0.2) is 0 Å². The van der Waals surface area contributed by atoms with Gasteiger partial charge in [-0.2, -0.15) is 0 Å². The van der Waals surface area contributed by atoms with E-state index in [0.29, 0.717) is 11.8 Å². The third-order valence-corrected chi connectivity index (χ3v) is 6.64. The number of hydrogen-bond acceptors (Lipinski definition) is 3. The van der Waals surface area contributed by atoms with Crippen molar-refractivity contribution in [3.05, 3.63) is 69.3 Å². The van der Waals surface area contributed by atoms with E-state index in [1.807, 2.05) is 23.6 Å². The monoisotopic (exact) mass is 391 g/mol. The number of pyridine rings is 1. The van der Waals surface area contributed by atoms with Crippen LogP contribution in [0.1, 0.15) is 44.2 Å². The van der Waals surface area contributed by atoms with E-state index in [-0.39, 0.29) is 12.2 Å². The van der Waals surface area contributed by atoms with Gasteiger partial charge >= 0.3 is 0 Å². The van der Waals surface area contributed by atoms with E-state index in [9.17, 15) is 9.90 Å². The van der Waals surface area contributed by atoms with Gasteiger partial charge < -0.3 is 10.1 Å². The van der Waals surface area contributed by atoms with Crippen LogP contribution in [0.3, 0.4) is 0 Å². The summed E-state index contributed by atoms with van der Waals surface area (Å²) in [5.41, 5.74) is 5.04. The largest absolute Gasteiger partial charge is 0.392 e. The van der Waals surface area contributed by atoms with Crippen LogP contribution in [0.4, 0.5) is 0 Å². The molecule has 1 unspecified atom stereocenters. The second-order valence-corrected chi connectivity index (χ2v) is 8.59. The second-order valence-electron chi connectivity index (χ2n) is 7.68. The van der Waals surface area contributed by atoms with Gasteiger partial charge in [0.15, 0.2) is 0 Å². The molecule has 0 saturated carbocycles. The topological polar surface area (TPSA) is 53.1 Å². The van der Waals surface area contributed by atoms with Crippen LogP contribution in [0.25, 0.3) is 32.1 Å². The smallest absolute Gasteiger partial charge is 0.266 e. The van der Waals surface area contributed by atoms with Crippen molar-refractivity contribution in [2.75, 3.05) is 0 Å². The number of H-pyrrole nitrogens is 1. The first-order valence-electron chi connectivity index (χ1n) is 9.81. The van der Waals surface area contributed by atoms with Crippen LogP contribution in [-0.2, 0) is 6.61 Å². The minimum absolute atomic E-state index is 0.0403. The number of aromatic amines is 1. The van der Waals surface area contributed by atoms with Crippen LogP contribution in [-0.4, -0.2) is 10.1 Å². The standard InChI is InChI=1S/C24H25NO2S/c1-4-18(14(2)3)15-5-7-16(8-6-15)21-17(13-26)9-10-20-22(21)19-11-12-28-23(19)24(27)25-20/h5-12,14,18,26H,4,13H2,1-3H3,(H,25,27). The molecule has 0 aliphatic heterocycles. The van der Waals surface area contributed by atoms with Gasteiger partial charge in [-0.15, -0.1) is 11.3 Å². The number of thiophene rings is 1. The van der Waals surface area contributed by atoms with Crippen LogP contribution < -0.4 is 5.56 Å². The summed E-state index contributed by atoms with van der Waals surface area (Å²) < 4.78 is 0.728. The SMILES string of the molecule is CCC(c1ccc(-c2c(CO)ccc3[nH]c(=O)c4sccc4c23)cc1)C(C)C. The van der Waals surface area contributed by atoms with E-state index < -0.39 is 0 Å². The molecule has 0 spiro atoms. The van der Waals surface area contributed by atoms with Gasteiger partial charge in [0.1, 0.15) is 4.70 Å². The Hall–Kier alpha value is -2.43. The van der Waals surface area contributed by atoms with Crippen molar-refractivity contribution in [1.29, 1.82) is 0 Å². The molecule has 0 amide bonds. The van der Waals surface area contributed by atoms with Gasteiger partial charge in [0.2, 0.25) is 0 Å². The van der Waals surface area contributed by atoms with Crippen LogP contribution in [0, 0.1) is 5.92 Å². The number of aliphatic hydroxyl groups excluding tert-OH is 1. The lowest BCUT2D eigenvalue weighted by molar-refractivity contribution is 0.282. The normalized spacial score (nSPS) is 12.9. The Kier molecular flexibility index (Phi) is 5.09. The molecule has 0 aliphatic rings. The number of rotatable bonds is 5. The molecule has 4 rings (SSSR count). The van der Waals surface area contributed by atoms with E-state index in [1.54, 1.807) is 0 Å². The summed E-state index contributed by atoms with van der Waals surface area (Å²) in [4.78, 5) is 15.4. The maximum Gasteiger partial charge on any atom is 0.266 e. The Balaban J connectivity index is 1.97. The molecule has 2 N–H and O–H groups in total. The highest BCUT2D eigenvalue weighted by atomic mass is 32.1. The maximum atomic E-state index is 12.4. The summed E-state index contributed by atoms with van der Waals surface area (Å²) in [5.74, 6) is 1.13. The first-order chi connectivity index (χ1) is 13.5. The molecule has 4 heteroatoms. The lowest BCUT2D eigenvalue weighted by Gasteiger charge is -2.20. The summed E-state index contributed by atoms with van der Waals surface area (Å²) in [7, 11) is 0. The van der Waals surface area contributed by atoms with Crippen LogP contribution >= 0.6 is 11.3 Å². The molecule has 0 aliphatic carbocycles. The Morgan fingerprint density at radius 2 is 1.82 bits per heavy atom. The van der Waals surface area contributed by atoms with Crippen molar-refractivity contribution >= 4 is 32.3 Å². The molecule has 2 aromatic heterocycles. The number of aliphatic hydroxyl groups is 1. The van der Waals surface area contributed by atoms with Crippen molar-refractivity contribution in [2.45, 2.75) is 39.7 Å². The third kappa shape index (κ3) is 3.07. The molecule has 2 aromatic carbocycles. The lowest BCUT2D eigenvalue weighted by atomic mass is 9.85. The number of benzene rings is 2. The highest BCUT2D eigenvalue weighted by Gasteiger charge is 2.17. The van der Waals surface area contributed by atoms with E-state index >= 15 is 0 Å². The van der Waals surface area contributed by atoms with Crippen molar-refractivity contribution in [1.82, 2.24) is 4.98 Å². The molecular weight excluding hydrogens is 366 g/mol. The Morgan fingerprint density at radius 3 is 2.46 bits per heavy atom. The third-order valence-electron chi connectivity index (χ3n) is 5.72. The molecule has 144 valence electrons. The van der Waals surface area contributed by atoms with Gasteiger partial charge in [-0.1, -0.05) is 51.1 Å². The zero-order chi connectivity index (χ0) is 19.8. The van der Waals surface area contributed by atoms with Gasteiger partial charge in [-0.3, -0.25) is 4.79 Å². The molecule has 4 aromatic rings. The summed E-state index contributed by atoms with van der Waals surface area (Å²) in [6.45, 7) is 6.72. The molecular formula is C24H25NO2S. The van der Waals surface area contributed by atoms with Crippen molar-refractivity contribution in [2.24, 2.45) is 5.92 Å². The van der Waals surface area contributed by atoms with Crippen LogP contribution in [0.15, 0.2) is 52.6 Å². The molecule has 0 saturated heterocycles. The number of hydrogen-bond donors (Lipinski definition) is 2. The van der Waals surface area contributed by atoms with Gasteiger partial charge in [0.25, 0.3) is 5.56 Å². The van der Waals surface area contributed by atoms with Gasteiger partial charge in [-0.05, 0) is 58.0 Å². The Labute approximate surface area is 168 Å². The minimum atomic E-state index is -0.0572. The summed E-state index contributed by atoms with van der Waals surface area (Å²) >= 11 is 1.45. The van der Waals surface area contributed by atoms with Gasteiger partial charge in [0, 0.05) is 16.3 Å². The zero-order valence-electron chi connectivity index (χ0n) is 16.5. The first kappa shape index (κ1) is 18.9. The van der Waals surface area contributed by atoms with Gasteiger partial charge in [0.05, 0.1) is 6.61 Å². The fourth-order valence-electron chi connectivity index (χ4n) is 4.34. The Morgan fingerprint density at radius 1 is 1.07 bits per heavy atom. The fraction of sp³-hybridized carbons (Fsp3) is 0.292. The van der Waals surface area contributed by atoms with E-state index in [0.717, 1.165) is 44.1 Å². The predicted octanol–water partition coefficient (Wildman–Crippen LogP) is 6.05. The summed E-state index contributed by atoms with van der Waals surface area (Å²) in [6, 6.07) is 14.5. The highest BCUT2D eigenvalue weighted by Crippen LogP contribution is 2.37. The van der Waals surface area contributed by atoms with Crippen molar-refractivity contribution in [3.8, 4) is 11.1 Å². The summed E-state index contributed by atoms with van der Waals surface area (Å²) in [5, 5.41) is 13.9. The minimum Gasteiger partial charge on any atom is -0.392 e. The molecule has 0 radical (unpaired) electrons. The molecule has 3 nitrogen and oxygen atoms in total. The highest BCUT2D eigenvalue weighted by molar-refractivity contribution is 7.17. The van der Waals surface area contributed by atoms with E-state index in [4.69, 9.17) is 0 Å². The van der Waals surface area contributed by atoms with Crippen LogP contribution in [0.2, 0.25) is 0 Å². The average Bonchev–Trinajstić information content (AvgIpc) is 3.19. The molecule has 28 heavy (non-hydrogen) atoms.